The van der Waals surface area contributed by atoms with Crippen molar-refractivity contribution < 1.29 is 4.79 Å². The first-order valence-corrected chi connectivity index (χ1v) is 5.56. The standard InChI is InChI=1S/C12H16N4O/c1-10(15-12(17)9-14-16-13)7-8-11-5-3-2-4-6-11/h2-6,10H,7-9H2,1H3,(H,15,17). The molecule has 0 aliphatic carbocycles. The highest BCUT2D eigenvalue weighted by atomic mass is 16.1. The third-order valence-corrected chi connectivity index (χ3v) is 2.39. The quantitative estimate of drug-likeness (QED) is 0.456. The van der Waals surface area contributed by atoms with Crippen LogP contribution in [-0.2, 0) is 11.2 Å². The summed E-state index contributed by atoms with van der Waals surface area (Å²) in [5.74, 6) is -0.233. The van der Waals surface area contributed by atoms with Gasteiger partial charge >= 0.3 is 0 Å². The highest BCUT2D eigenvalue weighted by Crippen LogP contribution is 2.04. The van der Waals surface area contributed by atoms with Crippen LogP contribution >= 0.6 is 0 Å². The van der Waals surface area contributed by atoms with Crippen molar-refractivity contribution in [2.45, 2.75) is 25.8 Å². The zero-order valence-electron chi connectivity index (χ0n) is 9.84. The van der Waals surface area contributed by atoms with Gasteiger partial charge in [0, 0.05) is 11.0 Å². The maximum Gasteiger partial charge on any atom is 0.226 e. The van der Waals surface area contributed by atoms with Gasteiger partial charge in [0.05, 0.1) is 0 Å². The van der Waals surface area contributed by atoms with Crippen LogP contribution < -0.4 is 5.32 Å². The van der Waals surface area contributed by atoms with E-state index in [4.69, 9.17) is 5.53 Å². The molecule has 1 aromatic rings. The van der Waals surface area contributed by atoms with Gasteiger partial charge < -0.3 is 5.32 Å². The Morgan fingerprint density at radius 1 is 1.47 bits per heavy atom. The maximum atomic E-state index is 11.2. The number of rotatable bonds is 6. The third-order valence-electron chi connectivity index (χ3n) is 2.39. The Bertz CT molecular complexity index is 398. The van der Waals surface area contributed by atoms with Crippen LogP contribution in [-0.4, -0.2) is 18.5 Å². The van der Waals surface area contributed by atoms with Gasteiger partial charge in [0.25, 0.3) is 0 Å². The molecule has 0 bridgehead atoms. The number of hydrogen-bond donors (Lipinski definition) is 1. The summed E-state index contributed by atoms with van der Waals surface area (Å²) < 4.78 is 0. The molecule has 1 atom stereocenters. The van der Waals surface area contributed by atoms with Gasteiger partial charge in [0.2, 0.25) is 5.91 Å². The summed E-state index contributed by atoms with van der Waals surface area (Å²) in [6, 6.07) is 10.2. The van der Waals surface area contributed by atoms with Crippen molar-refractivity contribution in [1.29, 1.82) is 0 Å². The predicted octanol–water partition coefficient (Wildman–Crippen LogP) is 2.43. The fourth-order valence-corrected chi connectivity index (χ4v) is 1.52. The van der Waals surface area contributed by atoms with E-state index < -0.39 is 0 Å². The fourth-order valence-electron chi connectivity index (χ4n) is 1.52. The number of nitrogens with zero attached hydrogens (tertiary/aromatic N) is 3. The molecule has 1 N–H and O–H groups in total. The fraction of sp³-hybridized carbons (Fsp3) is 0.417. The van der Waals surface area contributed by atoms with Crippen molar-refractivity contribution in [3.8, 4) is 0 Å². The van der Waals surface area contributed by atoms with Crippen LogP contribution in [0.1, 0.15) is 18.9 Å². The van der Waals surface area contributed by atoms with Gasteiger partial charge in [-0.15, -0.1) is 0 Å². The molecule has 5 heteroatoms. The van der Waals surface area contributed by atoms with Crippen molar-refractivity contribution in [3.63, 3.8) is 0 Å². The van der Waals surface area contributed by atoms with E-state index in [1.165, 1.54) is 5.56 Å². The normalized spacial score (nSPS) is 11.4. The second-order valence-corrected chi connectivity index (χ2v) is 3.88. The zero-order chi connectivity index (χ0) is 12.5. The van der Waals surface area contributed by atoms with Crippen LogP contribution in [0.25, 0.3) is 10.4 Å². The third kappa shape index (κ3) is 5.58. The summed E-state index contributed by atoms with van der Waals surface area (Å²) in [4.78, 5) is 13.8. The second-order valence-electron chi connectivity index (χ2n) is 3.88. The molecule has 0 saturated heterocycles. The number of benzene rings is 1. The van der Waals surface area contributed by atoms with Crippen LogP contribution in [0.5, 0.6) is 0 Å². The molecule has 5 nitrogen and oxygen atoms in total. The van der Waals surface area contributed by atoms with E-state index in [1.54, 1.807) is 0 Å². The Morgan fingerprint density at radius 3 is 2.82 bits per heavy atom. The van der Waals surface area contributed by atoms with E-state index in [0.29, 0.717) is 0 Å². The molecule has 0 aliphatic rings. The van der Waals surface area contributed by atoms with Crippen LogP contribution in [0.3, 0.4) is 0 Å². The summed E-state index contributed by atoms with van der Waals surface area (Å²) in [7, 11) is 0. The molecular formula is C12H16N4O. The Morgan fingerprint density at radius 2 is 2.18 bits per heavy atom. The molecule has 1 rings (SSSR count). The van der Waals surface area contributed by atoms with Crippen LogP contribution in [0.15, 0.2) is 35.4 Å². The molecule has 0 fully saturated rings. The largest absolute Gasteiger partial charge is 0.354 e. The average molecular weight is 232 g/mol. The smallest absolute Gasteiger partial charge is 0.226 e. The lowest BCUT2D eigenvalue weighted by Gasteiger charge is -2.12. The number of nitrogens with one attached hydrogen (secondary N) is 1. The van der Waals surface area contributed by atoms with Crippen molar-refractivity contribution in [3.05, 3.63) is 46.3 Å². The van der Waals surface area contributed by atoms with E-state index in [-0.39, 0.29) is 18.5 Å². The molecule has 0 radical (unpaired) electrons. The molecule has 17 heavy (non-hydrogen) atoms. The first-order chi connectivity index (χ1) is 8.22. The summed E-state index contributed by atoms with van der Waals surface area (Å²) in [6.45, 7) is 1.81. The topological polar surface area (TPSA) is 77.9 Å². The van der Waals surface area contributed by atoms with Crippen LogP contribution in [0, 0.1) is 0 Å². The number of carbonyl (C=O) groups is 1. The minimum atomic E-state index is -0.233. The first kappa shape index (κ1) is 13.1. The summed E-state index contributed by atoms with van der Waals surface area (Å²) in [5.41, 5.74) is 9.33. The monoisotopic (exact) mass is 232 g/mol. The summed E-state index contributed by atoms with van der Waals surface area (Å²) in [6.07, 6.45) is 1.79. The number of hydrogen-bond acceptors (Lipinski definition) is 2. The van der Waals surface area contributed by atoms with Crippen molar-refractivity contribution >= 4 is 5.91 Å². The Hall–Kier alpha value is -2.00. The molecule has 1 unspecified atom stereocenters. The van der Waals surface area contributed by atoms with Gasteiger partial charge in [0.1, 0.15) is 6.54 Å². The molecule has 0 heterocycles. The molecular weight excluding hydrogens is 216 g/mol. The van der Waals surface area contributed by atoms with Gasteiger partial charge in [-0.2, -0.15) is 0 Å². The summed E-state index contributed by atoms with van der Waals surface area (Å²) in [5, 5.41) is 5.99. The Balaban J connectivity index is 2.28. The number of aryl methyl sites for hydroxylation is 1. The average Bonchev–Trinajstić information content (AvgIpc) is 2.35. The summed E-state index contributed by atoms with van der Waals surface area (Å²) >= 11 is 0. The van der Waals surface area contributed by atoms with Crippen LogP contribution in [0.2, 0.25) is 0 Å². The van der Waals surface area contributed by atoms with Gasteiger partial charge in [0.15, 0.2) is 0 Å². The van der Waals surface area contributed by atoms with E-state index in [2.05, 4.69) is 27.5 Å². The Kier molecular flexibility index (Phi) is 5.61. The van der Waals surface area contributed by atoms with E-state index in [9.17, 15) is 4.79 Å². The first-order valence-electron chi connectivity index (χ1n) is 5.56. The van der Waals surface area contributed by atoms with E-state index in [0.717, 1.165) is 12.8 Å². The van der Waals surface area contributed by atoms with Crippen molar-refractivity contribution in [1.82, 2.24) is 5.32 Å². The lowest BCUT2D eigenvalue weighted by molar-refractivity contribution is -0.120. The van der Waals surface area contributed by atoms with E-state index in [1.807, 2.05) is 25.1 Å². The molecule has 1 amide bonds. The number of carbonyl (C=O) groups excluding carboxylic acids is 1. The lowest BCUT2D eigenvalue weighted by atomic mass is 10.1. The van der Waals surface area contributed by atoms with Gasteiger partial charge in [-0.05, 0) is 30.9 Å². The Labute approximate surface area is 100 Å². The number of azide groups is 1. The SMILES string of the molecule is CC(CCc1ccccc1)NC(=O)CN=[N+]=[N-]. The van der Waals surface area contributed by atoms with E-state index >= 15 is 0 Å². The van der Waals surface area contributed by atoms with Gasteiger partial charge in [-0.25, -0.2) is 0 Å². The molecule has 1 aromatic carbocycles. The predicted molar refractivity (Wildman–Crippen MR) is 66.4 cm³/mol. The van der Waals surface area contributed by atoms with Gasteiger partial charge in [-0.3, -0.25) is 4.79 Å². The van der Waals surface area contributed by atoms with Crippen LogP contribution in [0.4, 0.5) is 0 Å². The zero-order valence-corrected chi connectivity index (χ0v) is 9.84. The number of amides is 1. The van der Waals surface area contributed by atoms with Gasteiger partial charge in [-0.1, -0.05) is 35.4 Å². The molecule has 0 aliphatic heterocycles. The molecule has 90 valence electrons. The minimum absolute atomic E-state index is 0.0802. The minimum Gasteiger partial charge on any atom is -0.354 e. The van der Waals surface area contributed by atoms with Crippen molar-refractivity contribution in [2.24, 2.45) is 5.11 Å². The highest BCUT2D eigenvalue weighted by molar-refractivity contribution is 5.78. The molecule has 0 saturated carbocycles. The molecule has 0 aromatic heterocycles. The maximum absolute atomic E-state index is 11.2. The lowest BCUT2D eigenvalue weighted by Crippen LogP contribution is -2.34. The second kappa shape index (κ2) is 7.30. The van der Waals surface area contributed by atoms with Crippen molar-refractivity contribution in [2.75, 3.05) is 6.54 Å². The highest BCUT2D eigenvalue weighted by Gasteiger charge is 2.06. The molecule has 0 spiro atoms.